The van der Waals surface area contributed by atoms with Crippen LogP contribution in [0.4, 0.5) is 19.0 Å². The molecule has 0 saturated heterocycles. The third-order valence-corrected chi connectivity index (χ3v) is 5.95. The van der Waals surface area contributed by atoms with E-state index in [4.69, 9.17) is 4.74 Å². The molecule has 0 bridgehead atoms. The number of fused-ring (bicyclic) bond motifs is 1. The Bertz CT molecular complexity index is 1100. The van der Waals surface area contributed by atoms with Crippen LogP contribution in [0, 0.1) is 5.82 Å². The minimum atomic E-state index is -2.86. The number of rotatable bonds is 6. The molecule has 1 aliphatic heterocycles. The topological polar surface area (TPSA) is 47.0 Å². The van der Waals surface area contributed by atoms with Crippen LogP contribution in [0.1, 0.15) is 29.5 Å². The Morgan fingerprint density at radius 3 is 2.83 bits per heavy atom. The molecule has 0 fully saturated rings. The molecule has 30 heavy (non-hydrogen) atoms. The molecule has 0 unspecified atom stereocenters. The lowest BCUT2D eigenvalue weighted by atomic mass is 9.99. The van der Waals surface area contributed by atoms with Crippen molar-refractivity contribution in [3.8, 4) is 5.75 Å². The maximum Gasteiger partial charge on any atom is 0.266 e. The number of ether oxygens (including phenoxy) is 1. The molecule has 2 aromatic carbocycles. The monoisotopic (exact) mass is 431 g/mol. The van der Waals surface area contributed by atoms with Crippen molar-refractivity contribution in [1.29, 1.82) is 0 Å². The van der Waals surface area contributed by atoms with E-state index < -0.39 is 17.8 Å². The van der Waals surface area contributed by atoms with Crippen molar-refractivity contribution in [2.24, 2.45) is 0 Å². The highest BCUT2D eigenvalue weighted by Crippen LogP contribution is 2.36. The van der Waals surface area contributed by atoms with Crippen molar-refractivity contribution in [2.45, 2.75) is 19.4 Å². The van der Waals surface area contributed by atoms with Gasteiger partial charge in [0.2, 0.25) is 0 Å². The minimum absolute atomic E-state index is 0.0270. The molecule has 0 spiro atoms. The SMILES string of the molecule is COc1cc2ncnc(NCc3cccc(C(F)F)c3F)c2cc1C1=CCSCC1. The molecule has 4 rings (SSSR count). The number of nitrogens with zero attached hydrogens (tertiary/aromatic N) is 2. The summed E-state index contributed by atoms with van der Waals surface area (Å²) in [7, 11) is 1.63. The molecule has 3 aromatic rings. The number of nitrogens with one attached hydrogen (secondary N) is 1. The van der Waals surface area contributed by atoms with Crippen molar-refractivity contribution in [2.75, 3.05) is 23.9 Å². The number of aromatic nitrogens is 2. The molecule has 4 nitrogen and oxygen atoms in total. The van der Waals surface area contributed by atoms with Crippen molar-refractivity contribution in [3.63, 3.8) is 0 Å². The van der Waals surface area contributed by atoms with Gasteiger partial charge in [-0.05, 0) is 23.8 Å². The summed E-state index contributed by atoms with van der Waals surface area (Å²) in [6.07, 6.45) is 1.68. The number of thioether (sulfide) groups is 1. The molecule has 1 N–H and O–H groups in total. The van der Waals surface area contributed by atoms with Crippen LogP contribution in [0.3, 0.4) is 0 Å². The maximum atomic E-state index is 14.4. The summed E-state index contributed by atoms with van der Waals surface area (Å²) in [5, 5.41) is 3.84. The van der Waals surface area contributed by atoms with Gasteiger partial charge in [0.15, 0.2) is 0 Å². The van der Waals surface area contributed by atoms with E-state index in [2.05, 4.69) is 21.4 Å². The summed E-state index contributed by atoms with van der Waals surface area (Å²) in [5.41, 5.74) is 2.42. The number of anilines is 1. The van der Waals surface area contributed by atoms with Gasteiger partial charge < -0.3 is 10.1 Å². The van der Waals surface area contributed by atoms with Gasteiger partial charge in [-0.15, -0.1) is 0 Å². The summed E-state index contributed by atoms with van der Waals surface area (Å²) < 4.78 is 45.9. The average molecular weight is 431 g/mol. The van der Waals surface area contributed by atoms with Gasteiger partial charge in [0, 0.05) is 34.9 Å². The average Bonchev–Trinajstić information content (AvgIpc) is 2.77. The highest BCUT2D eigenvalue weighted by atomic mass is 32.2. The molecule has 2 heterocycles. The fraction of sp³-hybridized carbons (Fsp3) is 0.273. The molecule has 1 aliphatic rings. The predicted octanol–water partition coefficient (Wildman–Crippen LogP) is 5.85. The Morgan fingerprint density at radius 1 is 1.23 bits per heavy atom. The van der Waals surface area contributed by atoms with Gasteiger partial charge in [0.1, 0.15) is 23.7 Å². The summed E-state index contributed by atoms with van der Waals surface area (Å²) in [4.78, 5) is 8.61. The van der Waals surface area contributed by atoms with Crippen molar-refractivity contribution in [1.82, 2.24) is 9.97 Å². The summed E-state index contributed by atoms with van der Waals surface area (Å²) in [5.74, 6) is 2.35. The third kappa shape index (κ3) is 4.09. The number of hydrogen-bond donors (Lipinski definition) is 1. The van der Waals surface area contributed by atoms with Crippen molar-refractivity contribution < 1.29 is 17.9 Å². The minimum Gasteiger partial charge on any atom is -0.496 e. The van der Waals surface area contributed by atoms with E-state index in [9.17, 15) is 13.2 Å². The van der Waals surface area contributed by atoms with E-state index >= 15 is 0 Å². The van der Waals surface area contributed by atoms with Crippen LogP contribution >= 0.6 is 11.8 Å². The summed E-state index contributed by atoms with van der Waals surface area (Å²) in [6.45, 7) is 0.0270. The number of alkyl halides is 2. The zero-order valence-electron chi connectivity index (χ0n) is 16.3. The smallest absolute Gasteiger partial charge is 0.266 e. The van der Waals surface area contributed by atoms with Gasteiger partial charge in [0.25, 0.3) is 6.43 Å². The molecular formula is C22H20F3N3OS. The number of methoxy groups -OCH3 is 1. The second-order valence-electron chi connectivity index (χ2n) is 6.82. The van der Waals surface area contributed by atoms with Gasteiger partial charge in [-0.3, -0.25) is 0 Å². The Labute approximate surface area is 176 Å². The van der Waals surface area contributed by atoms with Gasteiger partial charge in [-0.25, -0.2) is 23.1 Å². The van der Waals surface area contributed by atoms with E-state index in [0.29, 0.717) is 11.3 Å². The maximum absolute atomic E-state index is 14.4. The molecule has 156 valence electrons. The molecule has 0 aliphatic carbocycles. The molecule has 0 radical (unpaired) electrons. The standard InChI is InChI=1S/C22H20F3N3OS/c1-29-19-10-18-17(9-16(19)13-5-7-30-8-6-13)22(28-12-27-18)26-11-14-3-2-4-15(20(14)23)21(24)25/h2-5,9-10,12,21H,6-8,11H2,1H3,(H,26,27,28). The molecular weight excluding hydrogens is 411 g/mol. The Kier molecular flexibility index (Phi) is 6.13. The van der Waals surface area contributed by atoms with E-state index in [1.165, 1.54) is 24.0 Å². The van der Waals surface area contributed by atoms with E-state index in [1.54, 1.807) is 7.11 Å². The fourth-order valence-electron chi connectivity index (χ4n) is 3.50. The van der Waals surface area contributed by atoms with Crippen LogP contribution in [0.5, 0.6) is 5.75 Å². The molecule has 1 aromatic heterocycles. The molecule has 0 atom stereocenters. The normalized spacial score (nSPS) is 14.1. The van der Waals surface area contributed by atoms with E-state index in [-0.39, 0.29) is 12.1 Å². The quantitative estimate of drug-likeness (QED) is 0.531. The number of hydrogen-bond acceptors (Lipinski definition) is 5. The van der Waals surface area contributed by atoms with E-state index in [0.717, 1.165) is 40.7 Å². The van der Waals surface area contributed by atoms with Crippen LogP contribution in [-0.4, -0.2) is 28.6 Å². The Morgan fingerprint density at radius 2 is 2.10 bits per heavy atom. The van der Waals surface area contributed by atoms with Gasteiger partial charge in [-0.1, -0.05) is 24.3 Å². The largest absolute Gasteiger partial charge is 0.496 e. The van der Waals surface area contributed by atoms with Gasteiger partial charge in [-0.2, -0.15) is 11.8 Å². The third-order valence-electron chi connectivity index (χ3n) is 5.06. The highest BCUT2D eigenvalue weighted by molar-refractivity contribution is 7.99. The first kappa shape index (κ1) is 20.5. The zero-order valence-corrected chi connectivity index (χ0v) is 17.1. The van der Waals surface area contributed by atoms with Crippen molar-refractivity contribution in [3.05, 3.63) is 65.2 Å². The van der Waals surface area contributed by atoms with Crippen molar-refractivity contribution >= 4 is 34.1 Å². The summed E-state index contributed by atoms with van der Waals surface area (Å²) in [6, 6.07) is 7.84. The van der Waals surface area contributed by atoms with Crippen LogP contribution in [0.15, 0.2) is 42.7 Å². The van der Waals surface area contributed by atoms with Crippen LogP contribution in [0.25, 0.3) is 16.5 Å². The predicted molar refractivity (Wildman–Crippen MR) is 115 cm³/mol. The lowest BCUT2D eigenvalue weighted by Crippen LogP contribution is -2.07. The van der Waals surface area contributed by atoms with Crippen LogP contribution < -0.4 is 10.1 Å². The highest BCUT2D eigenvalue weighted by Gasteiger charge is 2.18. The number of allylic oxidation sites excluding steroid dienone is 1. The molecule has 0 amide bonds. The van der Waals surface area contributed by atoms with Crippen LogP contribution in [0.2, 0.25) is 0 Å². The second kappa shape index (κ2) is 8.95. The Balaban J connectivity index is 1.70. The van der Waals surface area contributed by atoms with Crippen LogP contribution in [-0.2, 0) is 6.54 Å². The second-order valence-corrected chi connectivity index (χ2v) is 7.97. The molecule has 0 saturated carbocycles. The first-order chi connectivity index (χ1) is 14.6. The Hall–Kier alpha value is -2.74. The lowest BCUT2D eigenvalue weighted by Gasteiger charge is -2.17. The lowest BCUT2D eigenvalue weighted by molar-refractivity contribution is 0.146. The first-order valence-electron chi connectivity index (χ1n) is 9.47. The first-order valence-corrected chi connectivity index (χ1v) is 10.6. The number of benzene rings is 2. The molecule has 8 heteroatoms. The number of halogens is 3. The fourth-order valence-corrected chi connectivity index (χ4v) is 4.35. The zero-order chi connectivity index (χ0) is 21.1. The van der Waals surface area contributed by atoms with Gasteiger partial charge in [0.05, 0.1) is 18.2 Å². The van der Waals surface area contributed by atoms with Gasteiger partial charge >= 0.3 is 0 Å². The summed E-state index contributed by atoms with van der Waals surface area (Å²) >= 11 is 1.88. The van der Waals surface area contributed by atoms with E-state index in [1.807, 2.05) is 23.9 Å².